The Kier molecular flexibility index (Phi) is 5.22. The third kappa shape index (κ3) is 5.04. The van der Waals surface area contributed by atoms with Crippen LogP contribution in [0.25, 0.3) is 0 Å². The summed E-state index contributed by atoms with van der Waals surface area (Å²) < 4.78 is 7.04. The maximum absolute atomic E-state index is 11.5. The molecule has 0 unspecified atom stereocenters. The van der Waals surface area contributed by atoms with Crippen LogP contribution in [0.2, 0.25) is 0 Å². The van der Waals surface area contributed by atoms with Gasteiger partial charge in [0.05, 0.1) is 6.10 Å². The molecule has 1 aromatic heterocycles. The van der Waals surface area contributed by atoms with Gasteiger partial charge in [-0.3, -0.25) is 4.79 Å². The van der Waals surface area contributed by atoms with Gasteiger partial charge in [-0.15, -0.1) is 0 Å². The normalized spacial score (nSPS) is 11.2. The third-order valence-corrected chi connectivity index (χ3v) is 2.28. The monoisotopic (exact) mass is 238 g/mol. The molecule has 4 heteroatoms. The first-order chi connectivity index (χ1) is 7.99. The summed E-state index contributed by atoms with van der Waals surface area (Å²) in [5.41, 5.74) is 1.10. The molecular formula is C13H22N2O2. The smallest absolute Gasteiger partial charge is 0.326 e. The Morgan fingerprint density at radius 3 is 2.71 bits per heavy atom. The molecule has 0 spiro atoms. The van der Waals surface area contributed by atoms with E-state index >= 15 is 0 Å². The van der Waals surface area contributed by atoms with Gasteiger partial charge in [0.25, 0.3) is 0 Å². The molecule has 1 rings (SSSR count). The van der Waals surface area contributed by atoms with E-state index in [0.717, 1.165) is 12.2 Å². The highest BCUT2D eigenvalue weighted by Crippen LogP contribution is 2.04. The molecule has 0 radical (unpaired) electrons. The van der Waals surface area contributed by atoms with Crippen molar-refractivity contribution in [3.63, 3.8) is 0 Å². The minimum atomic E-state index is -0.193. The molecule has 1 heterocycles. The van der Waals surface area contributed by atoms with Gasteiger partial charge in [0.2, 0.25) is 0 Å². The third-order valence-electron chi connectivity index (χ3n) is 2.28. The second kappa shape index (κ2) is 6.45. The van der Waals surface area contributed by atoms with E-state index in [-0.39, 0.29) is 18.6 Å². The van der Waals surface area contributed by atoms with E-state index in [2.05, 4.69) is 19.2 Å². The summed E-state index contributed by atoms with van der Waals surface area (Å²) >= 11 is 0. The first kappa shape index (κ1) is 13.8. The fourth-order valence-electron chi connectivity index (χ4n) is 1.51. The zero-order valence-electron chi connectivity index (χ0n) is 11.1. The van der Waals surface area contributed by atoms with Crippen LogP contribution in [0.3, 0.4) is 0 Å². The van der Waals surface area contributed by atoms with Crippen LogP contribution in [0.5, 0.6) is 0 Å². The Morgan fingerprint density at radius 2 is 2.12 bits per heavy atom. The molecule has 0 bridgehead atoms. The van der Waals surface area contributed by atoms with Crippen molar-refractivity contribution in [2.45, 2.75) is 52.9 Å². The first-order valence-corrected chi connectivity index (χ1v) is 6.06. The van der Waals surface area contributed by atoms with Crippen molar-refractivity contribution >= 4 is 5.97 Å². The van der Waals surface area contributed by atoms with Crippen LogP contribution in [0.1, 0.15) is 33.4 Å². The van der Waals surface area contributed by atoms with Crippen molar-refractivity contribution in [1.82, 2.24) is 9.88 Å². The lowest BCUT2D eigenvalue weighted by Gasteiger charge is -2.13. The predicted octanol–water partition coefficient (Wildman–Crippen LogP) is 1.94. The van der Waals surface area contributed by atoms with Gasteiger partial charge in [0, 0.05) is 24.5 Å². The highest BCUT2D eigenvalue weighted by Gasteiger charge is 2.09. The van der Waals surface area contributed by atoms with E-state index in [1.807, 2.05) is 36.7 Å². The molecule has 0 saturated carbocycles. The van der Waals surface area contributed by atoms with Crippen LogP contribution in [0.15, 0.2) is 18.3 Å². The molecule has 0 aromatic carbocycles. The number of hydrogen-bond acceptors (Lipinski definition) is 3. The number of nitrogens with one attached hydrogen (secondary N) is 1. The molecule has 4 nitrogen and oxygen atoms in total. The average Bonchev–Trinajstić information content (AvgIpc) is 2.60. The molecule has 96 valence electrons. The van der Waals surface area contributed by atoms with E-state index in [1.54, 1.807) is 0 Å². The van der Waals surface area contributed by atoms with Crippen molar-refractivity contribution in [2.75, 3.05) is 0 Å². The summed E-state index contributed by atoms with van der Waals surface area (Å²) in [6.45, 7) is 8.95. The summed E-state index contributed by atoms with van der Waals surface area (Å²) in [6.07, 6.45) is 1.84. The molecule has 0 aliphatic carbocycles. The summed E-state index contributed by atoms with van der Waals surface area (Å²) in [5.74, 6) is -0.193. The molecule has 0 aliphatic heterocycles. The van der Waals surface area contributed by atoms with E-state index in [1.165, 1.54) is 0 Å². The number of aromatic nitrogens is 1. The average molecular weight is 238 g/mol. The molecule has 1 aromatic rings. The lowest BCUT2D eigenvalue weighted by Crippen LogP contribution is -2.25. The maximum atomic E-state index is 11.5. The largest absolute Gasteiger partial charge is 0.462 e. The minimum Gasteiger partial charge on any atom is -0.462 e. The van der Waals surface area contributed by atoms with E-state index in [4.69, 9.17) is 4.74 Å². The zero-order chi connectivity index (χ0) is 12.8. The van der Waals surface area contributed by atoms with Crippen molar-refractivity contribution in [1.29, 1.82) is 0 Å². The molecular weight excluding hydrogens is 216 g/mol. The lowest BCUT2D eigenvalue weighted by molar-refractivity contribution is -0.148. The Labute approximate surface area is 103 Å². The van der Waals surface area contributed by atoms with Crippen molar-refractivity contribution < 1.29 is 9.53 Å². The van der Waals surface area contributed by atoms with Crippen molar-refractivity contribution in [2.24, 2.45) is 0 Å². The van der Waals surface area contributed by atoms with Gasteiger partial charge in [-0.1, -0.05) is 13.8 Å². The quantitative estimate of drug-likeness (QED) is 0.770. The van der Waals surface area contributed by atoms with Gasteiger partial charge in [-0.2, -0.15) is 0 Å². The van der Waals surface area contributed by atoms with Crippen molar-refractivity contribution in [3.05, 3.63) is 24.0 Å². The summed E-state index contributed by atoms with van der Waals surface area (Å²) in [7, 11) is 0. The van der Waals surface area contributed by atoms with E-state index in [9.17, 15) is 4.79 Å². The highest BCUT2D eigenvalue weighted by atomic mass is 16.5. The number of rotatable bonds is 6. The van der Waals surface area contributed by atoms with Gasteiger partial charge in [0.15, 0.2) is 0 Å². The molecule has 0 saturated heterocycles. The molecule has 1 N–H and O–H groups in total. The lowest BCUT2D eigenvalue weighted by atomic mass is 10.3. The highest BCUT2D eigenvalue weighted by molar-refractivity contribution is 5.69. The van der Waals surface area contributed by atoms with Gasteiger partial charge >= 0.3 is 5.97 Å². The van der Waals surface area contributed by atoms with Gasteiger partial charge in [-0.25, -0.2) is 0 Å². The zero-order valence-corrected chi connectivity index (χ0v) is 11.1. The van der Waals surface area contributed by atoms with Crippen molar-refractivity contribution in [3.8, 4) is 0 Å². The molecule has 0 aliphatic rings. The van der Waals surface area contributed by atoms with Crippen LogP contribution in [-0.4, -0.2) is 22.7 Å². The van der Waals surface area contributed by atoms with E-state index < -0.39 is 0 Å². The second-order valence-corrected chi connectivity index (χ2v) is 4.70. The Bertz CT molecular complexity index is 356. The Hall–Kier alpha value is -1.29. The van der Waals surface area contributed by atoms with Crippen LogP contribution in [0, 0.1) is 0 Å². The topological polar surface area (TPSA) is 43.3 Å². The van der Waals surface area contributed by atoms with Crippen LogP contribution in [0.4, 0.5) is 0 Å². The van der Waals surface area contributed by atoms with Crippen LogP contribution in [-0.2, 0) is 22.6 Å². The summed E-state index contributed by atoms with van der Waals surface area (Å²) in [5, 5.41) is 3.33. The fraction of sp³-hybridized carbons (Fsp3) is 0.615. The number of carbonyl (C=O) groups is 1. The van der Waals surface area contributed by atoms with Gasteiger partial charge < -0.3 is 14.6 Å². The number of carbonyl (C=O) groups excluding carboxylic acids is 1. The van der Waals surface area contributed by atoms with Crippen LogP contribution < -0.4 is 5.32 Å². The first-order valence-electron chi connectivity index (χ1n) is 6.06. The molecule has 0 fully saturated rings. The number of nitrogens with zero attached hydrogens (tertiary/aromatic N) is 1. The molecule has 0 amide bonds. The Morgan fingerprint density at radius 1 is 1.41 bits per heavy atom. The molecule has 0 atom stereocenters. The SMILES string of the molecule is CC(C)NCc1cccn1CC(=O)OC(C)C. The summed E-state index contributed by atoms with van der Waals surface area (Å²) in [4.78, 5) is 11.5. The summed E-state index contributed by atoms with van der Waals surface area (Å²) in [6, 6.07) is 4.39. The van der Waals surface area contributed by atoms with Gasteiger partial charge in [0.1, 0.15) is 6.54 Å². The fourth-order valence-corrected chi connectivity index (χ4v) is 1.51. The second-order valence-electron chi connectivity index (χ2n) is 4.70. The predicted molar refractivity (Wildman–Crippen MR) is 67.6 cm³/mol. The number of esters is 1. The number of hydrogen-bond donors (Lipinski definition) is 1. The minimum absolute atomic E-state index is 0.0599. The van der Waals surface area contributed by atoms with E-state index in [0.29, 0.717) is 6.04 Å². The van der Waals surface area contributed by atoms with Crippen LogP contribution >= 0.6 is 0 Å². The maximum Gasteiger partial charge on any atom is 0.326 e. The standard InChI is InChI=1S/C13H22N2O2/c1-10(2)14-8-12-6-5-7-15(12)9-13(16)17-11(3)4/h5-7,10-11,14H,8-9H2,1-4H3. The molecule has 17 heavy (non-hydrogen) atoms. The number of ether oxygens (including phenoxy) is 1. The van der Waals surface area contributed by atoms with Gasteiger partial charge in [-0.05, 0) is 26.0 Å². The Balaban J connectivity index is 2.53.